The minimum atomic E-state index is -1.00. The molecule has 1 heterocycles. The van der Waals surface area contributed by atoms with Gasteiger partial charge < -0.3 is 15.2 Å². The lowest BCUT2D eigenvalue weighted by Crippen LogP contribution is -2.10. The van der Waals surface area contributed by atoms with Crippen LogP contribution in [0.4, 0.5) is 11.4 Å². The number of para-hydroxylation sites is 1. The van der Waals surface area contributed by atoms with Crippen molar-refractivity contribution in [3.8, 4) is 0 Å². The molecule has 2 aromatic carbocycles. The molecular formula is C20H18N2O4. The lowest BCUT2D eigenvalue weighted by molar-refractivity contribution is -0.139. The molecule has 3 aromatic rings. The molecule has 0 fully saturated rings. The van der Waals surface area contributed by atoms with Crippen molar-refractivity contribution < 1.29 is 19.4 Å². The molecule has 2 N–H and O–H groups in total. The largest absolute Gasteiger partial charge is 0.478 e. The van der Waals surface area contributed by atoms with E-state index in [0.29, 0.717) is 11.4 Å². The summed E-state index contributed by atoms with van der Waals surface area (Å²) in [4.78, 5) is 27.7. The van der Waals surface area contributed by atoms with Crippen molar-refractivity contribution in [3.63, 3.8) is 0 Å². The predicted octanol–water partition coefficient (Wildman–Crippen LogP) is 3.70. The Labute approximate surface area is 150 Å². The Balaban J connectivity index is 2.15. The number of methoxy groups -OCH3 is 1. The average molecular weight is 350 g/mol. The lowest BCUT2D eigenvalue weighted by atomic mass is 10.0. The number of aryl methyl sites for hydroxylation is 1. The van der Waals surface area contributed by atoms with Gasteiger partial charge in [-0.25, -0.2) is 4.79 Å². The highest BCUT2D eigenvalue weighted by atomic mass is 16.5. The number of carboxylic acids is 1. The van der Waals surface area contributed by atoms with Gasteiger partial charge in [-0.3, -0.25) is 9.78 Å². The highest BCUT2D eigenvalue weighted by molar-refractivity contribution is 5.97. The molecule has 3 rings (SSSR count). The van der Waals surface area contributed by atoms with E-state index in [1.165, 1.54) is 13.2 Å². The number of aromatic nitrogens is 1. The van der Waals surface area contributed by atoms with Crippen LogP contribution in [-0.4, -0.2) is 29.1 Å². The summed E-state index contributed by atoms with van der Waals surface area (Å²) in [5.74, 6) is -1.37. The number of carbonyl (C=O) groups is 2. The zero-order valence-electron chi connectivity index (χ0n) is 14.4. The number of benzene rings is 2. The molecule has 0 aliphatic heterocycles. The second-order valence-corrected chi connectivity index (χ2v) is 5.83. The van der Waals surface area contributed by atoms with Crippen LogP contribution in [-0.2, 0) is 16.0 Å². The summed E-state index contributed by atoms with van der Waals surface area (Å²) >= 11 is 0. The number of pyridine rings is 1. The Morgan fingerprint density at radius 1 is 1.15 bits per heavy atom. The number of hydrogen-bond donors (Lipinski definition) is 2. The number of fused-ring (bicyclic) bond motifs is 1. The monoisotopic (exact) mass is 350 g/mol. The molecule has 0 unspecified atom stereocenters. The zero-order chi connectivity index (χ0) is 18.7. The fourth-order valence-electron chi connectivity index (χ4n) is 2.82. The van der Waals surface area contributed by atoms with Crippen LogP contribution in [0.3, 0.4) is 0 Å². The Morgan fingerprint density at radius 3 is 2.65 bits per heavy atom. The number of aromatic carboxylic acids is 1. The van der Waals surface area contributed by atoms with E-state index in [1.54, 1.807) is 18.2 Å². The van der Waals surface area contributed by atoms with Gasteiger partial charge in [0.15, 0.2) is 0 Å². The van der Waals surface area contributed by atoms with Crippen molar-refractivity contribution in [1.82, 2.24) is 4.98 Å². The van der Waals surface area contributed by atoms with Gasteiger partial charge in [-0.1, -0.05) is 24.3 Å². The molecule has 6 heteroatoms. The molecule has 0 amide bonds. The minimum absolute atomic E-state index is 0.0706. The fourth-order valence-corrected chi connectivity index (χ4v) is 2.82. The summed E-state index contributed by atoms with van der Waals surface area (Å²) in [5.41, 5.74) is 3.74. The molecule has 0 saturated heterocycles. The van der Waals surface area contributed by atoms with Crippen molar-refractivity contribution in [2.45, 2.75) is 13.3 Å². The summed E-state index contributed by atoms with van der Waals surface area (Å²) in [5, 5.41) is 13.3. The molecule has 0 radical (unpaired) electrons. The van der Waals surface area contributed by atoms with Gasteiger partial charge in [0.1, 0.15) is 0 Å². The molecule has 1 aromatic heterocycles. The summed E-state index contributed by atoms with van der Waals surface area (Å²) < 4.78 is 4.80. The van der Waals surface area contributed by atoms with Gasteiger partial charge in [-0.15, -0.1) is 0 Å². The van der Waals surface area contributed by atoms with Crippen molar-refractivity contribution >= 4 is 34.2 Å². The number of esters is 1. The van der Waals surface area contributed by atoms with Crippen molar-refractivity contribution in [2.75, 3.05) is 12.4 Å². The van der Waals surface area contributed by atoms with E-state index in [9.17, 15) is 14.7 Å². The maximum Gasteiger partial charge on any atom is 0.335 e. The third kappa shape index (κ3) is 3.49. The van der Waals surface area contributed by atoms with Gasteiger partial charge in [0, 0.05) is 22.3 Å². The molecule has 26 heavy (non-hydrogen) atoms. The summed E-state index contributed by atoms with van der Waals surface area (Å²) in [6.45, 7) is 1.84. The number of ether oxygens (including phenoxy) is 1. The van der Waals surface area contributed by atoms with Gasteiger partial charge in [0.2, 0.25) is 0 Å². The SMILES string of the molecule is COC(=O)Cc1c(C)nc2ccccc2c1Nc1cccc(C(=O)O)c1. The van der Waals surface area contributed by atoms with Crippen LogP contribution in [0.2, 0.25) is 0 Å². The minimum Gasteiger partial charge on any atom is -0.478 e. The molecule has 0 bridgehead atoms. The first-order valence-electron chi connectivity index (χ1n) is 8.05. The van der Waals surface area contributed by atoms with Crippen LogP contribution in [0, 0.1) is 6.92 Å². The Kier molecular flexibility index (Phi) is 4.84. The van der Waals surface area contributed by atoms with Crippen molar-refractivity contribution in [2.24, 2.45) is 0 Å². The molecule has 0 spiro atoms. The second kappa shape index (κ2) is 7.23. The van der Waals surface area contributed by atoms with Gasteiger partial charge in [0.25, 0.3) is 0 Å². The predicted molar refractivity (Wildman–Crippen MR) is 98.9 cm³/mol. The smallest absolute Gasteiger partial charge is 0.335 e. The molecule has 0 aliphatic rings. The van der Waals surface area contributed by atoms with E-state index in [-0.39, 0.29) is 18.0 Å². The van der Waals surface area contributed by atoms with E-state index >= 15 is 0 Å². The molecule has 132 valence electrons. The number of nitrogens with one attached hydrogen (secondary N) is 1. The number of carboxylic acid groups (broad SMARTS) is 1. The van der Waals surface area contributed by atoms with Crippen LogP contribution in [0.15, 0.2) is 48.5 Å². The van der Waals surface area contributed by atoms with Gasteiger partial charge >= 0.3 is 11.9 Å². The quantitative estimate of drug-likeness (QED) is 0.682. The maximum absolute atomic E-state index is 11.9. The first kappa shape index (κ1) is 17.4. The summed E-state index contributed by atoms with van der Waals surface area (Å²) in [6.07, 6.45) is 0.0706. The molecule has 0 saturated carbocycles. The molecular weight excluding hydrogens is 332 g/mol. The fraction of sp³-hybridized carbons (Fsp3) is 0.150. The third-order valence-corrected chi connectivity index (χ3v) is 4.13. The number of hydrogen-bond acceptors (Lipinski definition) is 5. The first-order valence-corrected chi connectivity index (χ1v) is 8.05. The van der Waals surface area contributed by atoms with Gasteiger partial charge in [-0.2, -0.15) is 0 Å². The van der Waals surface area contributed by atoms with Gasteiger partial charge in [0.05, 0.1) is 30.3 Å². The van der Waals surface area contributed by atoms with Crippen LogP contribution in [0.5, 0.6) is 0 Å². The van der Waals surface area contributed by atoms with E-state index in [0.717, 1.165) is 22.2 Å². The van der Waals surface area contributed by atoms with Crippen molar-refractivity contribution in [1.29, 1.82) is 0 Å². The molecule has 0 atom stereocenters. The normalized spacial score (nSPS) is 10.5. The average Bonchev–Trinajstić information content (AvgIpc) is 2.64. The Bertz CT molecular complexity index is 998. The Morgan fingerprint density at radius 2 is 1.92 bits per heavy atom. The summed E-state index contributed by atoms with van der Waals surface area (Å²) in [6, 6.07) is 14.1. The van der Waals surface area contributed by atoms with Gasteiger partial charge in [-0.05, 0) is 31.2 Å². The van der Waals surface area contributed by atoms with Crippen molar-refractivity contribution in [3.05, 3.63) is 65.4 Å². The van der Waals surface area contributed by atoms with E-state index < -0.39 is 5.97 Å². The number of rotatable bonds is 5. The topological polar surface area (TPSA) is 88.5 Å². The summed E-state index contributed by atoms with van der Waals surface area (Å²) in [7, 11) is 1.34. The van der Waals surface area contributed by atoms with Crippen LogP contribution < -0.4 is 5.32 Å². The molecule has 0 aliphatic carbocycles. The maximum atomic E-state index is 11.9. The van der Waals surface area contributed by atoms with E-state index in [4.69, 9.17) is 4.74 Å². The van der Waals surface area contributed by atoms with E-state index in [1.807, 2.05) is 31.2 Å². The number of nitrogens with zero attached hydrogens (tertiary/aromatic N) is 1. The van der Waals surface area contributed by atoms with Crippen LogP contribution >= 0.6 is 0 Å². The Hall–Kier alpha value is -3.41. The standard InChI is InChI=1S/C20H18N2O4/c1-12-16(11-18(23)26-2)19(15-8-3-4-9-17(15)21-12)22-14-7-5-6-13(10-14)20(24)25/h3-10H,11H2,1-2H3,(H,21,22)(H,24,25). The highest BCUT2D eigenvalue weighted by Gasteiger charge is 2.16. The third-order valence-electron chi connectivity index (χ3n) is 4.13. The molecule has 6 nitrogen and oxygen atoms in total. The van der Waals surface area contributed by atoms with Crippen LogP contribution in [0.1, 0.15) is 21.6 Å². The van der Waals surface area contributed by atoms with E-state index in [2.05, 4.69) is 10.3 Å². The first-order chi connectivity index (χ1) is 12.5. The van der Waals surface area contributed by atoms with Crippen LogP contribution in [0.25, 0.3) is 10.9 Å². The lowest BCUT2D eigenvalue weighted by Gasteiger charge is -2.17. The zero-order valence-corrected chi connectivity index (χ0v) is 14.4. The number of carbonyl (C=O) groups excluding carboxylic acids is 1. The second-order valence-electron chi connectivity index (χ2n) is 5.83. The number of anilines is 2. The highest BCUT2D eigenvalue weighted by Crippen LogP contribution is 2.32.